The molecule has 2 heterocycles. The van der Waals surface area contributed by atoms with E-state index >= 15 is 0 Å². The number of amides is 2. The van der Waals surface area contributed by atoms with E-state index in [-0.39, 0.29) is 23.3 Å². The highest BCUT2D eigenvalue weighted by Gasteiger charge is 2.50. The summed E-state index contributed by atoms with van der Waals surface area (Å²) in [6.45, 7) is 4.93. The van der Waals surface area contributed by atoms with Crippen LogP contribution >= 0.6 is 0 Å². The van der Waals surface area contributed by atoms with Gasteiger partial charge in [0.05, 0.1) is 5.56 Å². The van der Waals surface area contributed by atoms with Crippen LogP contribution in [0.2, 0.25) is 0 Å². The zero-order valence-corrected chi connectivity index (χ0v) is 16.7. The highest BCUT2D eigenvalue weighted by Crippen LogP contribution is 2.48. The van der Waals surface area contributed by atoms with E-state index in [0.717, 1.165) is 37.0 Å². The predicted octanol–water partition coefficient (Wildman–Crippen LogP) is 3.99. The molecule has 2 aliphatic rings. The number of fused-ring (bicyclic) bond motifs is 1. The number of carbonyl (C=O) groups is 2. The van der Waals surface area contributed by atoms with Gasteiger partial charge in [-0.05, 0) is 44.7 Å². The minimum absolute atomic E-state index is 0.0228. The molecule has 1 N–H and O–H groups in total. The number of furan rings is 1. The Morgan fingerprint density at radius 1 is 1.25 bits per heavy atom. The number of nitrogens with one attached hydrogen (secondary N) is 1. The molecule has 2 fully saturated rings. The molecule has 148 valence electrons. The van der Waals surface area contributed by atoms with Crippen LogP contribution in [0.25, 0.3) is 0 Å². The van der Waals surface area contributed by atoms with Crippen LogP contribution in [0.15, 0.2) is 40.8 Å². The SMILES string of the molecule is Cc1cc(C(=O)NC[C@@]23CCC[C@H]2N(Cc2ccccc2)C(=O)CC3)c(C)o1. The van der Waals surface area contributed by atoms with Gasteiger partial charge in [0.1, 0.15) is 11.5 Å². The highest BCUT2D eigenvalue weighted by atomic mass is 16.3. The molecule has 2 aromatic rings. The molecule has 0 bridgehead atoms. The average Bonchev–Trinajstić information content (AvgIpc) is 3.26. The first-order valence-electron chi connectivity index (χ1n) is 10.2. The topological polar surface area (TPSA) is 62.6 Å². The summed E-state index contributed by atoms with van der Waals surface area (Å²) < 4.78 is 5.50. The average molecular weight is 380 g/mol. The van der Waals surface area contributed by atoms with Gasteiger partial charge in [-0.15, -0.1) is 0 Å². The molecule has 1 aliphatic carbocycles. The van der Waals surface area contributed by atoms with Gasteiger partial charge in [-0.3, -0.25) is 9.59 Å². The lowest BCUT2D eigenvalue weighted by molar-refractivity contribution is -0.142. The van der Waals surface area contributed by atoms with Crippen molar-refractivity contribution in [2.24, 2.45) is 5.41 Å². The van der Waals surface area contributed by atoms with Gasteiger partial charge in [-0.2, -0.15) is 0 Å². The molecule has 2 amide bonds. The Morgan fingerprint density at radius 3 is 2.75 bits per heavy atom. The number of nitrogens with zero attached hydrogens (tertiary/aromatic N) is 1. The summed E-state index contributed by atoms with van der Waals surface area (Å²) in [4.78, 5) is 27.5. The van der Waals surface area contributed by atoms with Crippen molar-refractivity contribution in [1.29, 1.82) is 0 Å². The number of rotatable bonds is 5. The Balaban J connectivity index is 1.50. The molecule has 2 atom stereocenters. The van der Waals surface area contributed by atoms with Crippen LogP contribution in [0.5, 0.6) is 0 Å². The molecular formula is C23H28N2O3. The van der Waals surface area contributed by atoms with Crippen LogP contribution in [0.3, 0.4) is 0 Å². The summed E-state index contributed by atoms with van der Waals surface area (Å²) in [5.74, 6) is 1.55. The third kappa shape index (κ3) is 3.46. The summed E-state index contributed by atoms with van der Waals surface area (Å²) in [6, 6.07) is 12.2. The lowest BCUT2D eigenvalue weighted by Gasteiger charge is -2.46. The van der Waals surface area contributed by atoms with E-state index < -0.39 is 0 Å². The zero-order valence-electron chi connectivity index (χ0n) is 16.7. The Hall–Kier alpha value is -2.56. The fraction of sp³-hybridized carbons (Fsp3) is 0.478. The molecule has 1 aromatic carbocycles. The van der Waals surface area contributed by atoms with E-state index in [1.165, 1.54) is 0 Å². The van der Waals surface area contributed by atoms with Crippen LogP contribution in [0, 0.1) is 19.3 Å². The maximum absolute atomic E-state index is 12.7. The smallest absolute Gasteiger partial charge is 0.254 e. The van der Waals surface area contributed by atoms with Crippen LogP contribution in [0.1, 0.15) is 59.5 Å². The van der Waals surface area contributed by atoms with Gasteiger partial charge in [0.25, 0.3) is 5.91 Å². The molecule has 5 nitrogen and oxygen atoms in total. The fourth-order valence-corrected chi connectivity index (χ4v) is 5.05. The number of hydrogen-bond acceptors (Lipinski definition) is 3. The molecule has 0 spiro atoms. The molecule has 28 heavy (non-hydrogen) atoms. The Labute approximate surface area is 166 Å². The van der Waals surface area contributed by atoms with Gasteiger partial charge >= 0.3 is 0 Å². The minimum Gasteiger partial charge on any atom is -0.466 e. The summed E-state index contributed by atoms with van der Waals surface area (Å²) in [7, 11) is 0. The van der Waals surface area contributed by atoms with Crippen molar-refractivity contribution in [1.82, 2.24) is 10.2 Å². The van der Waals surface area contributed by atoms with Crippen molar-refractivity contribution < 1.29 is 14.0 Å². The minimum atomic E-state index is -0.0825. The van der Waals surface area contributed by atoms with Crippen molar-refractivity contribution >= 4 is 11.8 Å². The number of likely N-dealkylation sites (tertiary alicyclic amines) is 1. The van der Waals surface area contributed by atoms with Crippen molar-refractivity contribution in [3.05, 3.63) is 59.0 Å². The molecule has 0 radical (unpaired) electrons. The molecule has 5 heteroatoms. The second-order valence-corrected chi connectivity index (χ2v) is 8.29. The Morgan fingerprint density at radius 2 is 2.04 bits per heavy atom. The number of piperidine rings is 1. The van der Waals surface area contributed by atoms with Crippen LogP contribution in [0.4, 0.5) is 0 Å². The fourth-order valence-electron chi connectivity index (χ4n) is 5.05. The number of benzene rings is 1. The number of hydrogen-bond donors (Lipinski definition) is 1. The van der Waals surface area contributed by atoms with Gasteiger partial charge in [0.2, 0.25) is 5.91 Å². The maximum atomic E-state index is 12.7. The lowest BCUT2D eigenvalue weighted by Crippen LogP contribution is -2.55. The van der Waals surface area contributed by atoms with Crippen molar-refractivity contribution in [3.63, 3.8) is 0 Å². The third-order valence-electron chi connectivity index (χ3n) is 6.47. The van der Waals surface area contributed by atoms with E-state index in [4.69, 9.17) is 4.42 Å². The Bertz CT molecular complexity index is 873. The van der Waals surface area contributed by atoms with E-state index in [1.54, 1.807) is 6.07 Å². The van der Waals surface area contributed by atoms with E-state index in [0.29, 0.717) is 30.8 Å². The van der Waals surface area contributed by atoms with E-state index in [1.807, 2.05) is 32.0 Å². The van der Waals surface area contributed by atoms with E-state index in [9.17, 15) is 9.59 Å². The summed E-state index contributed by atoms with van der Waals surface area (Å²) in [6.07, 6.45) is 4.58. The maximum Gasteiger partial charge on any atom is 0.254 e. The largest absolute Gasteiger partial charge is 0.466 e. The third-order valence-corrected chi connectivity index (χ3v) is 6.47. The van der Waals surface area contributed by atoms with Crippen LogP contribution in [-0.2, 0) is 11.3 Å². The van der Waals surface area contributed by atoms with Crippen molar-refractivity contribution in [3.8, 4) is 0 Å². The molecule has 1 saturated heterocycles. The molecule has 1 aliphatic heterocycles. The first-order valence-corrected chi connectivity index (χ1v) is 10.2. The predicted molar refractivity (Wildman–Crippen MR) is 107 cm³/mol. The molecule has 0 unspecified atom stereocenters. The van der Waals surface area contributed by atoms with Crippen LogP contribution in [-0.4, -0.2) is 29.3 Å². The van der Waals surface area contributed by atoms with Crippen molar-refractivity contribution in [2.75, 3.05) is 6.54 Å². The monoisotopic (exact) mass is 380 g/mol. The first-order chi connectivity index (χ1) is 13.5. The number of aryl methyl sites for hydroxylation is 2. The van der Waals surface area contributed by atoms with E-state index in [2.05, 4.69) is 22.3 Å². The summed E-state index contributed by atoms with van der Waals surface area (Å²) in [5, 5.41) is 3.15. The number of carbonyl (C=O) groups excluding carboxylic acids is 2. The van der Waals surface area contributed by atoms with Gasteiger partial charge < -0.3 is 14.6 Å². The second kappa shape index (κ2) is 7.46. The van der Waals surface area contributed by atoms with Crippen molar-refractivity contribution in [2.45, 2.75) is 58.5 Å². The van der Waals surface area contributed by atoms with Gasteiger partial charge in [-0.1, -0.05) is 36.8 Å². The van der Waals surface area contributed by atoms with Gasteiger partial charge in [-0.25, -0.2) is 0 Å². The van der Waals surface area contributed by atoms with Gasteiger partial charge in [0, 0.05) is 31.0 Å². The molecule has 1 saturated carbocycles. The summed E-state index contributed by atoms with van der Waals surface area (Å²) >= 11 is 0. The second-order valence-electron chi connectivity index (χ2n) is 8.29. The van der Waals surface area contributed by atoms with Gasteiger partial charge in [0.15, 0.2) is 0 Å². The quantitative estimate of drug-likeness (QED) is 0.853. The molecule has 1 aromatic heterocycles. The zero-order chi connectivity index (χ0) is 19.7. The summed E-state index contributed by atoms with van der Waals surface area (Å²) in [5.41, 5.74) is 1.74. The first kappa shape index (κ1) is 18.8. The normalized spacial score (nSPS) is 24.3. The van der Waals surface area contributed by atoms with Crippen LogP contribution < -0.4 is 5.32 Å². The molecule has 4 rings (SSSR count). The lowest BCUT2D eigenvalue weighted by atomic mass is 9.74. The standard InChI is InChI=1S/C23H28N2O3/c1-16-13-19(17(2)28-16)22(27)24-15-23-11-6-9-20(23)25(21(26)10-12-23)14-18-7-4-3-5-8-18/h3-5,7-8,13,20H,6,9-12,14-15H2,1-2H3,(H,24,27)/t20-,23+/m1/s1. The highest BCUT2D eigenvalue weighted by molar-refractivity contribution is 5.95. The molecular weight excluding hydrogens is 352 g/mol. The Kier molecular flexibility index (Phi) is 5.00.